The summed E-state index contributed by atoms with van der Waals surface area (Å²) in [6.45, 7) is 5.03. The third-order valence-corrected chi connectivity index (χ3v) is 4.66. The van der Waals surface area contributed by atoms with Crippen LogP contribution in [0.3, 0.4) is 0 Å². The summed E-state index contributed by atoms with van der Waals surface area (Å²) in [5.74, 6) is -0.568. The fourth-order valence-electron chi connectivity index (χ4n) is 2.90. The number of carbonyl (C=O) groups excluding carboxylic acids is 3. The Morgan fingerprint density at radius 2 is 1.39 bits per heavy atom. The smallest absolute Gasteiger partial charge is 0.343 e. The highest BCUT2D eigenvalue weighted by molar-refractivity contribution is 6.39. The normalized spacial score (nSPS) is 10.5. The van der Waals surface area contributed by atoms with Gasteiger partial charge in [0, 0.05) is 5.69 Å². The van der Waals surface area contributed by atoms with Crippen LogP contribution in [0.5, 0.6) is 17.2 Å². The van der Waals surface area contributed by atoms with Crippen molar-refractivity contribution < 1.29 is 28.6 Å². The molecule has 0 aliphatic heterocycles. The molecule has 0 unspecified atom stereocenters. The van der Waals surface area contributed by atoms with Gasteiger partial charge in [-0.25, -0.2) is 10.2 Å². The zero-order chi connectivity index (χ0) is 25.8. The lowest BCUT2D eigenvalue weighted by molar-refractivity contribution is -0.136. The summed E-state index contributed by atoms with van der Waals surface area (Å²) in [6, 6.07) is 19.9. The minimum Gasteiger partial charge on any atom is -0.494 e. The van der Waals surface area contributed by atoms with Gasteiger partial charge in [0.25, 0.3) is 0 Å². The second kappa shape index (κ2) is 13.3. The van der Waals surface area contributed by atoms with Crippen molar-refractivity contribution in [2.24, 2.45) is 5.10 Å². The first-order valence-corrected chi connectivity index (χ1v) is 11.4. The van der Waals surface area contributed by atoms with Crippen LogP contribution < -0.4 is 25.0 Å². The molecule has 0 saturated heterocycles. The van der Waals surface area contributed by atoms with E-state index < -0.39 is 17.8 Å². The number of hydrogen-bond acceptors (Lipinski definition) is 7. The highest BCUT2D eigenvalue weighted by Gasteiger charge is 2.13. The molecule has 36 heavy (non-hydrogen) atoms. The molecule has 0 bridgehead atoms. The molecule has 2 N–H and O–H groups in total. The van der Waals surface area contributed by atoms with E-state index in [1.165, 1.54) is 6.21 Å². The zero-order valence-electron chi connectivity index (χ0n) is 20.0. The molecular weight excluding hydrogens is 462 g/mol. The Morgan fingerprint density at radius 1 is 0.778 bits per heavy atom. The average Bonchev–Trinajstić information content (AvgIpc) is 2.90. The Morgan fingerprint density at radius 3 is 2.03 bits per heavy atom. The summed E-state index contributed by atoms with van der Waals surface area (Å²) in [4.78, 5) is 36.3. The number of hydrogen-bond donors (Lipinski definition) is 2. The molecule has 3 rings (SSSR count). The van der Waals surface area contributed by atoms with E-state index in [9.17, 15) is 14.4 Å². The third-order valence-electron chi connectivity index (χ3n) is 4.66. The largest absolute Gasteiger partial charge is 0.494 e. The fraction of sp³-hybridized carbons (Fsp3) is 0.185. The van der Waals surface area contributed by atoms with E-state index in [2.05, 4.69) is 15.8 Å². The summed E-state index contributed by atoms with van der Waals surface area (Å²) in [5, 5.41) is 6.26. The second-order valence-electron chi connectivity index (χ2n) is 7.44. The van der Waals surface area contributed by atoms with E-state index in [1.54, 1.807) is 72.8 Å². The number of amides is 2. The summed E-state index contributed by atoms with van der Waals surface area (Å²) in [6.07, 6.45) is 2.26. The summed E-state index contributed by atoms with van der Waals surface area (Å²) in [7, 11) is 0. The van der Waals surface area contributed by atoms with Gasteiger partial charge < -0.3 is 19.5 Å². The van der Waals surface area contributed by atoms with E-state index in [0.29, 0.717) is 47.3 Å². The van der Waals surface area contributed by atoms with Crippen LogP contribution in [0.15, 0.2) is 77.9 Å². The van der Waals surface area contributed by atoms with E-state index >= 15 is 0 Å². The Hall–Kier alpha value is -4.66. The number of hydrazone groups is 1. The first kappa shape index (κ1) is 26.0. The van der Waals surface area contributed by atoms with Gasteiger partial charge in [-0.2, -0.15) is 5.10 Å². The van der Waals surface area contributed by atoms with Crippen molar-refractivity contribution >= 4 is 29.7 Å². The number of esters is 1. The van der Waals surface area contributed by atoms with Gasteiger partial charge in [0.1, 0.15) is 17.2 Å². The number of nitrogens with zero attached hydrogens (tertiary/aromatic N) is 1. The van der Waals surface area contributed by atoms with Gasteiger partial charge in [-0.15, -0.1) is 0 Å². The lowest BCUT2D eigenvalue weighted by Crippen LogP contribution is -2.32. The van der Waals surface area contributed by atoms with Gasteiger partial charge in [-0.05, 0) is 91.7 Å². The van der Waals surface area contributed by atoms with E-state index in [0.717, 1.165) is 6.42 Å². The molecule has 0 radical (unpaired) electrons. The predicted octanol–water partition coefficient (Wildman–Crippen LogP) is 4.18. The second-order valence-corrected chi connectivity index (χ2v) is 7.44. The van der Waals surface area contributed by atoms with Crippen molar-refractivity contribution in [2.45, 2.75) is 20.3 Å². The Kier molecular flexibility index (Phi) is 9.58. The predicted molar refractivity (Wildman–Crippen MR) is 136 cm³/mol. The Bertz CT molecular complexity index is 1190. The van der Waals surface area contributed by atoms with E-state index in [-0.39, 0.29) is 0 Å². The van der Waals surface area contributed by atoms with Crippen LogP contribution >= 0.6 is 0 Å². The maximum atomic E-state index is 12.3. The molecule has 0 aliphatic rings. The first-order chi connectivity index (χ1) is 17.5. The van der Waals surface area contributed by atoms with Gasteiger partial charge >= 0.3 is 17.8 Å². The average molecular weight is 490 g/mol. The Balaban J connectivity index is 1.46. The van der Waals surface area contributed by atoms with Gasteiger partial charge in [0.05, 0.1) is 25.0 Å². The molecule has 0 fully saturated rings. The maximum Gasteiger partial charge on any atom is 0.343 e. The quantitative estimate of drug-likeness (QED) is 0.145. The third kappa shape index (κ3) is 7.98. The van der Waals surface area contributed by atoms with Crippen molar-refractivity contribution in [3.05, 3.63) is 83.9 Å². The minimum atomic E-state index is -0.920. The number of anilines is 1. The van der Waals surface area contributed by atoms with Crippen molar-refractivity contribution in [1.82, 2.24) is 5.43 Å². The van der Waals surface area contributed by atoms with E-state index in [4.69, 9.17) is 14.2 Å². The summed E-state index contributed by atoms with van der Waals surface area (Å²) >= 11 is 0. The first-order valence-electron chi connectivity index (χ1n) is 11.4. The van der Waals surface area contributed by atoms with Crippen LogP contribution in [-0.4, -0.2) is 37.2 Å². The lowest BCUT2D eigenvalue weighted by atomic mass is 10.2. The molecule has 0 saturated carbocycles. The number of ether oxygens (including phenoxy) is 3. The SMILES string of the molecule is CCCOc1ccc(C(=O)Oc2ccc(C=NNC(=O)C(=O)Nc3ccc(OCC)cc3)cc2)cc1. The van der Waals surface area contributed by atoms with Crippen LogP contribution in [-0.2, 0) is 9.59 Å². The highest BCUT2D eigenvalue weighted by Crippen LogP contribution is 2.17. The Labute approximate surface area is 209 Å². The van der Waals surface area contributed by atoms with Crippen LogP contribution in [0.25, 0.3) is 0 Å². The number of carbonyl (C=O) groups is 3. The zero-order valence-corrected chi connectivity index (χ0v) is 20.0. The number of nitrogens with one attached hydrogen (secondary N) is 2. The lowest BCUT2D eigenvalue weighted by Gasteiger charge is -2.07. The topological polar surface area (TPSA) is 115 Å². The molecule has 0 atom stereocenters. The molecule has 0 aromatic heterocycles. The molecular formula is C27H27N3O6. The maximum absolute atomic E-state index is 12.3. The molecule has 3 aromatic carbocycles. The van der Waals surface area contributed by atoms with E-state index in [1.807, 2.05) is 13.8 Å². The van der Waals surface area contributed by atoms with Crippen molar-refractivity contribution in [2.75, 3.05) is 18.5 Å². The van der Waals surface area contributed by atoms with Gasteiger partial charge in [-0.1, -0.05) is 6.92 Å². The van der Waals surface area contributed by atoms with Gasteiger partial charge in [-0.3, -0.25) is 9.59 Å². The highest BCUT2D eigenvalue weighted by atomic mass is 16.5. The van der Waals surface area contributed by atoms with Crippen LogP contribution in [0, 0.1) is 0 Å². The van der Waals surface area contributed by atoms with Crippen molar-refractivity contribution in [3.63, 3.8) is 0 Å². The van der Waals surface area contributed by atoms with Crippen LogP contribution in [0.4, 0.5) is 5.69 Å². The molecule has 9 heteroatoms. The molecule has 186 valence electrons. The molecule has 3 aromatic rings. The minimum absolute atomic E-state index is 0.349. The fourth-order valence-corrected chi connectivity index (χ4v) is 2.90. The standard InChI is InChI=1S/C27H27N3O6/c1-3-17-35-23-13-7-20(8-14-23)27(33)36-24-11-5-19(6-12-24)18-28-30-26(32)25(31)29-21-9-15-22(16-10-21)34-4-2/h5-16,18H,3-4,17H2,1-2H3,(H,29,31)(H,30,32). The van der Waals surface area contributed by atoms with Gasteiger partial charge in [0.15, 0.2) is 0 Å². The molecule has 0 aliphatic carbocycles. The van der Waals surface area contributed by atoms with Crippen molar-refractivity contribution in [1.29, 1.82) is 0 Å². The van der Waals surface area contributed by atoms with Gasteiger partial charge in [0.2, 0.25) is 0 Å². The monoisotopic (exact) mass is 489 g/mol. The molecule has 2 amide bonds. The number of rotatable bonds is 10. The number of benzene rings is 3. The summed E-state index contributed by atoms with van der Waals surface area (Å²) in [5.41, 5.74) is 3.64. The van der Waals surface area contributed by atoms with Crippen molar-refractivity contribution in [3.8, 4) is 17.2 Å². The molecule has 0 heterocycles. The van der Waals surface area contributed by atoms with Crippen LogP contribution in [0.1, 0.15) is 36.2 Å². The molecule has 9 nitrogen and oxygen atoms in total. The van der Waals surface area contributed by atoms with Crippen LogP contribution in [0.2, 0.25) is 0 Å². The molecule has 0 spiro atoms. The summed E-state index contributed by atoms with van der Waals surface area (Å²) < 4.78 is 16.2.